The van der Waals surface area contributed by atoms with Crippen molar-refractivity contribution in [2.45, 2.75) is 65.5 Å². The van der Waals surface area contributed by atoms with Crippen molar-refractivity contribution in [3.05, 3.63) is 0 Å². The number of hydrogen-bond acceptors (Lipinski definition) is 2. The van der Waals surface area contributed by atoms with E-state index in [0.29, 0.717) is 6.04 Å². The van der Waals surface area contributed by atoms with Crippen molar-refractivity contribution in [3.63, 3.8) is 0 Å². The molecule has 1 unspecified atom stereocenters. The average molecular weight is 213 g/mol. The van der Waals surface area contributed by atoms with E-state index in [1.807, 2.05) is 0 Å². The molecule has 0 aliphatic heterocycles. The van der Waals surface area contributed by atoms with Crippen molar-refractivity contribution in [3.8, 4) is 0 Å². The summed E-state index contributed by atoms with van der Waals surface area (Å²) in [6.45, 7) is 9.33. The fraction of sp³-hybridized carbons (Fsp3) is 1.00. The largest absolute Gasteiger partial charge is 0.391 e. The van der Waals surface area contributed by atoms with Crippen molar-refractivity contribution >= 4 is 0 Å². The van der Waals surface area contributed by atoms with E-state index in [9.17, 15) is 5.11 Å². The third-order valence-corrected chi connectivity index (χ3v) is 3.62. The average Bonchev–Trinajstić information content (AvgIpc) is 2.15. The van der Waals surface area contributed by atoms with Crippen LogP contribution in [0, 0.1) is 11.3 Å². The molecule has 0 heterocycles. The van der Waals surface area contributed by atoms with Gasteiger partial charge in [-0.05, 0) is 37.0 Å². The lowest BCUT2D eigenvalue weighted by Gasteiger charge is -2.31. The number of aliphatic hydroxyl groups excluding tert-OH is 1. The van der Waals surface area contributed by atoms with Gasteiger partial charge in [-0.2, -0.15) is 0 Å². The summed E-state index contributed by atoms with van der Waals surface area (Å²) in [6.07, 6.45) is 4.99. The van der Waals surface area contributed by atoms with Crippen LogP contribution in [0.5, 0.6) is 0 Å². The molecule has 0 aromatic heterocycles. The Morgan fingerprint density at radius 3 is 2.20 bits per heavy atom. The summed E-state index contributed by atoms with van der Waals surface area (Å²) < 4.78 is 0. The van der Waals surface area contributed by atoms with Gasteiger partial charge in [0, 0.05) is 12.6 Å². The Bertz CT molecular complexity index is 177. The minimum atomic E-state index is -0.239. The van der Waals surface area contributed by atoms with E-state index >= 15 is 0 Å². The first-order chi connectivity index (χ1) is 6.89. The second kappa shape index (κ2) is 5.31. The molecule has 0 aromatic rings. The first kappa shape index (κ1) is 13.0. The Kier molecular flexibility index (Phi) is 4.60. The predicted octanol–water partition coefficient (Wildman–Crippen LogP) is 2.56. The van der Waals surface area contributed by atoms with Gasteiger partial charge in [0.15, 0.2) is 0 Å². The van der Waals surface area contributed by atoms with Crippen LogP contribution < -0.4 is 5.32 Å². The van der Waals surface area contributed by atoms with Crippen LogP contribution in [0.1, 0.15) is 53.4 Å². The van der Waals surface area contributed by atoms with Crippen molar-refractivity contribution in [1.29, 1.82) is 0 Å². The molecule has 1 aliphatic carbocycles. The summed E-state index contributed by atoms with van der Waals surface area (Å²) in [6, 6.07) is 0.637. The van der Waals surface area contributed by atoms with Gasteiger partial charge >= 0.3 is 0 Å². The molecule has 1 atom stereocenters. The van der Waals surface area contributed by atoms with Crippen LogP contribution in [-0.2, 0) is 0 Å². The molecular formula is C13H27NO. The van der Waals surface area contributed by atoms with Gasteiger partial charge in [0.25, 0.3) is 0 Å². The Hall–Kier alpha value is -0.0800. The van der Waals surface area contributed by atoms with Crippen molar-refractivity contribution in [2.75, 3.05) is 6.54 Å². The molecule has 1 saturated carbocycles. The highest BCUT2D eigenvalue weighted by molar-refractivity contribution is 4.80. The zero-order chi connectivity index (χ0) is 11.5. The molecule has 90 valence electrons. The number of nitrogens with one attached hydrogen (secondary N) is 1. The van der Waals surface area contributed by atoms with E-state index in [1.165, 1.54) is 25.7 Å². The summed E-state index contributed by atoms with van der Waals surface area (Å²) in [5.74, 6) is 0.899. The fourth-order valence-electron chi connectivity index (χ4n) is 2.05. The molecule has 0 bridgehead atoms. The van der Waals surface area contributed by atoms with Gasteiger partial charge in [0.2, 0.25) is 0 Å². The molecule has 1 aliphatic rings. The molecule has 0 aromatic carbocycles. The van der Waals surface area contributed by atoms with E-state index < -0.39 is 0 Å². The second-order valence-corrected chi connectivity index (χ2v) is 6.25. The van der Waals surface area contributed by atoms with Crippen molar-refractivity contribution in [2.24, 2.45) is 11.3 Å². The normalized spacial score (nSPS) is 30.2. The van der Waals surface area contributed by atoms with E-state index in [2.05, 4.69) is 33.0 Å². The lowest BCUT2D eigenvalue weighted by atomic mass is 9.86. The van der Waals surface area contributed by atoms with Crippen molar-refractivity contribution < 1.29 is 5.11 Å². The number of aliphatic hydroxyl groups is 1. The molecule has 0 spiro atoms. The number of rotatable bonds is 3. The first-order valence-corrected chi connectivity index (χ1v) is 6.31. The molecule has 0 saturated heterocycles. The Morgan fingerprint density at radius 2 is 1.73 bits per heavy atom. The maximum absolute atomic E-state index is 9.91. The van der Waals surface area contributed by atoms with E-state index in [4.69, 9.17) is 0 Å². The highest BCUT2D eigenvalue weighted by atomic mass is 16.3. The van der Waals surface area contributed by atoms with Crippen LogP contribution in [-0.4, -0.2) is 23.8 Å². The molecule has 2 nitrogen and oxygen atoms in total. The lowest BCUT2D eigenvalue weighted by molar-refractivity contribution is 0.0585. The van der Waals surface area contributed by atoms with Gasteiger partial charge in [-0.1, -0.05) is 27.7 Å². The minimum Gasteiger partial charge on any atom is -0.391 e. The van der Waals surface area contributed by atoms with Crippen LogP contribution in [0.4, 0.5) is 0 Å². The molecular weight excluding hydrogens is 186 g/mol. The molecule has 0 radical (unpaired) electrons. The first-order valence-electron chi connectivity index (χ1n) is 6.31. The molecule has 2 N–H and O–H groups in total. The molecule has 1 rings (SSSR count). The lowest BCUT2D eigenvalue weighted by Crippen LogP contribution is -2.42. The highest BCUT2D eigenvalue weighted by Crippen LogP contribution is 2.24. The van der Waals surface area contributed by atoms with Gasteiger partial charge < -0.3 is 10.4 Å². The van der Waals surface area contributed by atoms with E-state index in [1.54, 1.807) is 0 Å². The third-order valence-electron chi connectivity index (χ3n) is 3.62. The Morgan fingerprint density at radius 1 is 1.20 bits per heavy atom. The van der Waals surface area contributed by atoms with Crippen LogP contribution in [0.3, 0.4) is 0 Å². The fourth-order valence-corrected chi connectivity index (χ4v) is 2.05. The topological polar surface area (TPSA) is 32.3 Å². The van der Waals surface area contributed by atoms with Crippen LogP contribution >= 0.6 is 0 Å². The molecule has 1 fully saturated rings. The predicted molar refractivity (Wildman–Crippen MR) is 64.9 cm³/mol. The quantitative estimate of drug-likeness (QED) is 0.755. The van der Waals surface area contributed by atoms with Crippen LogP contribution in [0.2, 0.25) is 0 Å². The molecule has 15 heavy (non-hydrogen) atoms. The Balaban J connectivity index is 2.20. The van der Waals surface area contributed by atoms with Crippen LogP contribution in [0.25, 0.3) is 0 Å². The van der Waals surface area contributed by atoms with Gasteiger partial charge in [-0.15, -0.1) is 0 Å². The smallest absolute Gasteiger partial charge is 0.0712 e. The zero-order valence-corrected chi connectivity index (χ0v) is 10.7. The third kappa shape index (κ3) is 4.52. The Labute approximate surface area is 94.5 Å². The van der Waals surface area contributed by atoms with Crippen molar-refractivity contribution in [1.82, 2.24) is 5.32 Å². The standard InChI is InChI=1S/C13H27NO/c1-10-5-7-11(8-6-10)14-9-12(15)13(2,3)4/h10-12,14-15H,5-9H2,1-4H3. The van der Waals surface area contributed by atoms with E-state index in [0.717, 1.165) is 12.5 Å². The molecule has 2 heteroatoms. The highest BCUT2D eigenvalue weighted by Gasteiger charge is 2.24. The van der Waals surface area contributed by atoms with Gasteiger partial charge in [-0.25, -0.2) is 0 Å². The van der Waals surface area contributed by atoms with Crippen LogP contribution in [0.15, 0.2) is 0 Å². The number of hydrogen-bond donors (Lipinski definition) is 2. The van der Waals surface area contributed by atoms with Gasteiger partial charge in [0.1, 0.15) is 0 Å². The summed E-state index contributed by atoms with van der Waals surface area (Å²) in [4.78, 5) is 0. The monoisotopic (exact) mass is 213 g/mol. The molecule has 0 amide bonds. The maximum atomic E-state index is 9.91. The SMILES string of the molecule is CC1CCC(NCC(O)C(C)(C)C)CC1. The summed E-state index contributed by atoms with van der Waals surface area (Å²) in [5, 5.41) is 13.4. The summed E-state index contributed by atoms with van der Waals surface area (Å²) in [7, 11) is 0. The van der Waals surface area contributed by atoms with Gasteiger partial charge in [0.05, 0.1) is 6.10 Å². The van der Waals surface area contributed by atoms with Gasteiger partial charge in [-0.3, -0.25) is 0 Å². The minimum absolute atomic E-state index is 0.00500. The van der Waals surface area contributed by atoms with E-state index in [-0.39, 0.29) is 11.5 Å². The second-order valence-electron chi connectivity index (χ2n) is 6.25. The zero-order valence-electron chi connectivity index (χ0n) is 10.7. The maximum Gasteiger partial charge on any atom is 0.0712 e. The summed E-state index contributed by atoms with van der Waals surface area (Å²) in [5.41, 5.74) is -0.00500. The summed E-state index contributed by atoms with van der Waals surface area (Å²) >= 11 is 0.